The van der Waals surface area contributed by atoms with Gasteiger partial charge in [0.2, 0.25) is 0 Å². The van der Waals surface area contributed by atoms with Crippen LogP contribution in [0.25, 0.3) is 0 Å². The zero-order valence-electron chi connectivity index (χ0n) is 15.2. The summed E-state index contributed by atoms with van der Waals surface area (Å²) >= 11 is 0. The molecule has 0 amide bonds. The summed E-state index contributed by atoms with van der Waals surface area (Å²) in [5, 5.41) is 0. The SMILES string of the molecule is COc1cc(C(F)(F)F)ccc1C1C(C)=N/C=C\CC[N+]1(C)CCC=O. The fraction of sp³-hybridized carbons (Fsp3) is 0.474. The third kappa shape index (κ3) is 4.33. The van der Waals surface area contributed by atoms with E-state index in [0.29, 0.717) is 23.0 Å². The van der Waals surface area contributed by atoms with Crippen LogP contribution in [0, 0.1) is 0 Å². The van der Waals surface area contributed by atoms with Crippen LogP contribution in [0.2, 0.25) is 0 Å². The third-order valence-electron chi connectivity index (χ3n) is 4.82. The van der Waals surface area contributed by atoms with Crippen molar-refractivity contribution >= 4 is 12.0 Å². The number of benzene rings is 1. The smallest absolute Gasteiger partial charge is 0.416 e. The molecule has 1 aliphatic heterocycles. The number of nitrogens with zero attached hydrogens (tertiary/aromatic N) is 2. The zero-order valence-corrected chi connectivity index (χ0v) is 15.2. The van der Waals surface area contributed by atoms with Gasteiger partial charge in [0.25, 0.3) is 0 Å². The van der Waals surface area contributed by atoms with E-state index in [4.69, 9.17) is 4.74 Å². The highest BCUT2D eigenvalue weighted by Crippen LogP contribution is 2.39. The lowest BCUT2D eigenvalue weighted by molar-refractivity contribution is -0.928. The van der Waals surface area contributed by atoms with Gasteiger partial charge in [-0.3, -0.25) is 4.99 Å². The quantitative estimate of drug-likeness (QED) is 0.577. The number of rotatable bonds is 5. The monoisotopic (exact) mass is 369 g/mol. The van der Waals surface area contributed by atoms with Gasteiger partial charge in [0.1, 0.15) is 12.0 Å². The summed E-state index contributed by atoms with van der Waals surface area (Å²) < 4.78 is 45.0. The van der Waals surface area contributed by atoms with E-state index >= 15 is 0 Å². The Hall–Kier alpha value is -2.15. The van der Waals surface area contributed by atoms with E-state index in [0.717, 1.165) is 37.1 Å². The third-order valence-corrected chi connectivity index (χ3v) is 4.82. The van der Waals surface area contributed by atoms with Crippen LogP contribution in [0.3, 0.4) is 0 Å². The molecule has 0 saturated carbocycles. The second kappa shape index (κ2) is 8.03. The van der Waals surface area contributed by atoms with E-state index in [1.807, 2.05) is 20.0 Å². The van der Waals surface area contributed by atoms with Crippen LogP contribution >= 0.6 is 0 Å². The van der Waals surface area contributed by atoms with Crippen molar-refractivity contribution in [3.63, 3.8) is 0 Å². The molecule has 0 radical (unpaired) electrons. The van der Waals surface area contributed by atoms with E-state index < -0.39 is 11.7 Å². The molecule has 1 heterocycles. The number of aliphatic imine (C=N–C) groups is 1. The Labute approximate surface area is 151 Å². The molecule has 0 spiro atoms. The zero-order chi connectivity index (χ0) is 19.4. The van der Waals surface area contributed by atoms with E-state index in [-0.39, 0.29) is 11.8 Å². The molecule has 0 aliphatic carbocycles. The van der Waals surface area contributed by atoms with Crippen molar-refractivity contribution in [1.82, 2.24) is 0 Å². The van der Waals surface area contributed by atoms with E-state index in [1.165, 1.54) is 13.2 Å². The molecular weight excluding hydrogens is 345 g/mol. The van der Waals surface area contributed by atoms with Crippen LogP contribution in [0.15, 0.2) is 35.5 Å². The van der Waals surface area contributed by atoms with Gasteiger partial charge in [-0.15, -0.1) is 0 Å². The van der Waals surface area contributed by atoms with Crippen LogP contribution in [-0.2, 0) is 11.0 Å². The number of aldehydes is 1. The molecule has 2 rings (SSSR count). The number of hydrogen-bond donors (Lipinski definition) is 0. The van der Waals surface area contributed by atoms with Gasteiger partial charge < -0.3 is 14.0 Å². The maximum absolute atomic E-state index is 13.1. The number of hydrogen-bond acceptors (Lipinski definition) is 3. The highest BCUT2D eigenvalue weighted by molar-refractivity contribution is 5.88. The Balaban J connectivity index is 2.60. The molecule has 0 aromatic heterocycles. The van der Waals surface area contributed by atoms with Crippen molar-refractivity contribution < 1.29 is 27.2 Å². The van der Waals surface area contributed by atoms with E-state index in [9.17, 15) is 18.0 Å². The van der Waals surface area contributed by atoms with Crippen molar-refractivity contribution in [2.24, 2.45) is 4.99 Å². The molecular formula is C19H24F3N2O2+. The van der Waals surface area contributed by atoms with Crippen molar-refractivity contribution in [1.29, 1.82) is 0 Å². The second-order valence-electron chi connectivity index (χ2n) is 6.68. The molecule has 7 heteroatoms. The number of methoxy groups -OCH3 is 1. The van der Waals surface area contributed by atoms with Gasteiger partial charge in [-0.25, -0.2) is 0 Å². The van der Waals surface area contributed by atoms with Crippen molar-refractivity contribution in [3.05, 3.63) is 41.6 Å². The molecule has 1 aromatic carbocycles. The molecule has 0 N–H and O–H groups in total. The predicted molar refractivity (Wildman–Crippen MR) is 94.2 cm³/mol. The average Bonchev–Trinajstić information content (AvgIpc) is 2.58. The summed E-state index contributed by atoms with van der Waals surface area (Å²) in [6.07, 6.45) is 1.25. The van der Waals surface area contributed by atoms with Crippen LogP contribution in [0.4, 0.5) is 13.2 Å². The van der Waals surface area contributed by atoms with Gasteiger partial charge in [0.15, 0.2) is 6.04 Å². The number of carbonyl (C=O) groups excluding carboxylic acids is 1. The lowest BCUT2D eigenvalue weighted by Crippen LogP contribution is -2.51. The van der Waals surface area contributed by atoms with Crippen LogP contribution in [0.5, 0.6) is 5.75 Å². The molecule has 2 atom stereocenters. The van der Waals surface area contributed by atoms with Gasteiger partial charge in [-0.2, -0.15) is 13.2 Å². The maximum atomic E-state index is 13.1. The van der Waals surface area contributed by atoms with Crippen molar-refractivity contribution in [3.8, 4) is 5.75 Å². The number of carbonyl (C=O) groups is 1. The van der Waals surface area contributed by atoms with Crippen molar-refractivity contribution in [2.75, 3.05) is 27.2 Å². The van der Waals surface area contributed by atoms with E-state index in [2.05, 4.69) is 4.99 Å². The minimum Gasteiger partial charge on any atom is -0.496 e. The van der Waals surface area contributed by atoms with E-state index in [1.54, 1.807) is 6.20 Å². The van der Waals surface area contributed by atoms with Crippen molar-refractivity contribution in [2.45, 2.75) is 32.0 Å². The van der Waals surface area contributed by atoms with Gasteiger partial charge in [-0.05, 0) is 25.1 Å². The van der Waals surface area contributed by atoms with Gasteiger partial charge in [0, 0.05) is 12.6 Å². The first-order valence-corrected chi connectivity index (χ1v) is 8.45. The molecule has 0 bridgehead atoms. The standard InChI is InChI=1S/C19H24F3N2O2/c1-14-18(24(2,11-6-12-25)10-5-4-9-23-14)16-8-7-15(19(20,21)22)13-17(16)26-3/h4,7-9,12-13,18H,5-6,10-11H2,1-3H3/q+1/b9-4-,23-14?. The summed E-state index contributed by atoms with van der Waals surface area (Å²) in [6.45, 7) is 3.17. The highest BCUT2D eigenvalue weighted by atomic mass is 19.4. The molecule has 142 valence electrons. The largest absolute Gasteiger partial charge is 0.496 e. The fourth-order valence-corrected chi connectivity index (χ4v) is 3.53. The Kier molecular flexibility index (Phi) is 6.23. The second-order valence-corrected chi connectivity index (χ2v) is 6.68. The Bertz CT molecular complexity index is 709. The minimum absolute atomic E-state index is 0.180. The van der Waals surface area contributed by atoms with Gasteiger partial charge >= 0.3 is 6.18 Å². The highest BCUT2D eigenvalue weighted by Gasteiger charge is 2.39. The summed E-state index contributed by atoms with van der Waals surface area (Å²) in [5.41, 5.74) is 0.665. The first kappa shape index (κ1) is 20.2. The molecule has 2 unspecified atom stereocenters. The topological polar surface area (TPSA) is 38.7 Å². The number of halogens is 3. The first-order chi connectivity index (χ1) is 12.2. The fourth-order valence-electron chi connectivity index (χ4n) is 3.53. The molecule has 26 heavy (non-hydrogen) atoms. The lowest BCUT2D eigenvalue weighted by Gasteiger charge is -2.42. The molecule has 4 nitrogen and oxygen atoms in total. The summed E-state index contributed by atoms with van der Waals surface area (Å²) in [7, 11) is 3.37. The molecule has 0 fully saturated rings. The molecule has 1 aliphatic rings. The molecule has 1 aromatic rings. The summed E-state index contributed by atoms with van der Waals surface area (Å²) in [6, 6.07) is 3.27. The Morgan fingerprint density at radius 1 is 1.38 bits per heavy atom. The first-order valence-electron chi connectivity index (χ1n) is 8.45. The number of quaternary nitrogens is 1. The predicted octanol–water partition coefficient (Wildman–Crippen LogP) is 4.17. The van der Waals surface area contributed by atoms with Crippen LogP contribution in [0.1, 0.15) is 36.9 Å². The number of alkyl halides is 3. The Morgan fingerprint density at radius 3 is 2.73 bits per heavy atom. The minimum atomic E-state index is -4.44. The van der Waals surface area contributed by atoms with Gasteiger partial charge in [-0.1, -0.05) is 6.08 Å². The average molecular weight is 369 g/mol. The number of ether oxygens (including phenoxy) is 1. The Morgan fingerprint density at radius 2 is 2.12 bits per heavy atom. The van der Waals surface area contributed by atoms with Crippen LogP contribution < -0.4 is 4.74 Å². The normalized spacial score (nSPS) is 25.0. The lowest BCUT2D eigenvalue weighted by atomic mass is 9.95. The van der Waals surface area contributed by atoms with Crippen LogP contribution in [-0.4, -0.2) is 43.7 Å². The summed E-state index contributed by atoms with van der Waals surface area (Å²) in [4.78, 5) is 15.4. The van der Waals surface area contributed by atoms with Gasteiger partial charge in [0.05, 0.1) is 50.5 Å². The summed E-state index contributed by atoms with van der Waals surface area (Å²) in [5.74, 6) is 0.180. The molecule has 0 saturated heterocycles. The maximum Gasteiger partial charge on any atom is 0.416 e.